The molecule has 0 bridgehead atoms. The molecule has 28 heavy (non-hydrogen) atoms. The van der Waals surface area contributed by atoms with Gasteiger partial charge in [0.15, 0.2) is 0 Å². The van der Waals surface area contributed by atoms with Crippen LogP contribution in [0.25, 0.3) is 11.0 Å². The number of imidazole rings is 1. The summed E-state index contributed by atoms with van der Waals surface area (Å²) < 4.78 is 39.1. The fourth-order valence-corrected chi connectivity index (χ4v) is 3.58. The number of aromatic nitrogens is 2. The molecule has 1 heterocycles. The molecule has 9 heteroatoms. The summed E-state index contributed by atoms with van der Waals surface area (Å²) in [7, 11) is 0. The van der Waals surface area contributed by atoms with Gasteiger partial charge < -0.3 is 10.3 Å². The van der Waals surface area contributed by atoms with Gasteiger partial charge in [0.2, 0.25) is 5.91 Å². The molecule has 0 atom stereocenters. The van der Waals surface area contributed by atoms with E-state index in [1.165, 1.54) is 23.9 Å². The first kappa shape index (κ1) is 20.1. The van der Waals surface area contributed by atoms with Crippen LogP contribution in [0.15, 0.2) is 58.2 Å². The topological polar surface area (TPSA) is 66.9 Å². The van der Waals surface area contributed by atoms with E-state index in [4.69, 9.17) is 0 Å². The van der Waals surface area contributed by atoms with Gasteiger partial charge in [-0.25, -0.2) is 4.79 Å². The van der Waals surface area contributed by atoms with E-state index in [-0.39, 0.29) is 18.0 Å². The Morgan fingerprint density at radius 1 is 1.11 bits per heavy atom. The molecule has 0 spiro atoms. The Hall–Kier alpha value is -2.68. The van der Waals surface area contributed by atoms with E-state index in [1.807, 2.05) is 24.3 Å². The number of carbonyl (C=O) groups excluding carboxylic acids is 1. The Kier molecular flexibility index (Phi) is 6.13. The van der Waals surface area contributed by atoms with E-state index >= 15 is 0 Å². The van der Waals surface area contributed by atoms with E-state index in [9.17, 15) is 22.8 Å². The zero-order chi connectivity index (χ0) is 20.1. The first-order valence-corrected chi connectivity index (χ1v) is 9.57. The van der Waals surface area contributed by atoms with Crippen LogP contribution in [0, 0.1) is 0 Å². The SMILES string of the molecule is O=C(CCSc1ccc(C(F)(F)F)cc1)NCCn1c(=O)[nH]c2ccccc21. The van der Waals surface area contributed by atoms with Gasteiger partial charge in [0.05, 0.1) is 16.6 Å². The molecule has 0 saturated heterocycles. The summed E-state index contributed by atoms with van der Waals surface area (Å²) in [5.74, 6) is 0.275. The molecule has 0 unspecified atom stereocenters. The van der Waals surface area contributed by atoms with Crippen molar-refractivity contribution in [1.29, 1.82) is 0 Å². The van der Waals surface area contributed by atoms with Gasteiger partial charge in [-0.15, -0.1) is 11.8 Å². The molecule has 148 valence electrons. The molecule has 5 nitrogen and oxygen atoms in total. The second-order valence-electron chi connectivity index (χ2n) is 6.07. The number of aromatic amines is 1. The van der Waals surface area contributed by atoms with Crippen LogP contribution in [0.4, 0.5) is 13.2 Å². The maximum Gasteiger partial charge on any atom is 0.416 e. The zero-order valence-corrected chi connectivity index (χ0v) is 15.6. The predicted molar refractivity (Wildman–Crippen MR) is 102 cm³/mol. The highest BCUT2D eigenvalue weighted by Gasteiger charge is 2.29. The normalized spacial score (nSPS) is 11.7. The number of nitrogens with zero attached hydrogens (tertiary/aromatic N) is 1. The average Bonchev–Trinajstić information content (AvgIpc) is 2.97. The number of para-hydroxylation sites is 2. The van der Waals surface area contributed by atoms with Gasteiger partial charge in [0.1, 0.15) is 0 Å². The third-order valence-electron chi connectivity index (χ3n) is 4.12. The molecule has 0 fully saturated rings. The number of benzene rings is 2. The van der Waals surface area contributed by atoms with Crippen LogP contribution >= 0.6 is 11.8 Å². The fourth-order valence-electron chi connectivity index (χ4n) is 2.73. The van der Waals surface area contributed by atoms with Crippen molar-refractivity contribution in [1.82, 2.24) is 14.9 Å². The number of amides is 1. The van der Waals surface area contributed by atoms with Crippen LogP contribution in [0.1, 0.15) is 12.0 Å². The molecule has 2 N–H and O–H groups in total. The van der Waals surface area contributed by atoms with Gasteiger partial charge in [0.25, 0.3) is 0 Å². The molecular formula is C19H18F3N3O2S. The number of H-pyrrole nitrogens is 1. The smallest absolute Gasteiger partial charge is 0.354 e. The van der Waals surface area contributed by atoms with Crippen molar-refractivity contribution in [2.24, 2.45) is 0 Å². The summed E-state index contributed by atoms with van der Waals surface area (Å²) in [5, 5.41) is 2.75. The molecule has 0 saturated carbocycles. The maximum atomic E-state index is 12.5. The lowest BCUT2D eigenvalue weighted by molar-refractivity contribution is -0.137. The standard InChI is InChI=1S/C19H18F3N3O2S/c20-19(21,22)13-5-7-14(8-6-13)28-12-9-17(26)23-10-11-25-16-4-2-1-3-15(16)24-18(25)27/h1-8H,9-12H2,(H,23,26)(H,24,27). The molecular weight excluding hydrogens is 391 g/mol. The average molecular weight is 409 g/mol. The lowest BCUT2D eigenvalue weighted by atomic mass is 10.2. The second kappa shape index (κ2) is 8.55. The third-order valence-corrected chi connectivity index (χ3v) is 5.13. The van der Waals surface area contributed by atoms with Crippen molar-refractivity contribution in [3.05, 3.63) is 64.6 Å². The van der Waals surface area contributed by atoms with Crippen molar-refractivity contribution in [2.45, 2.75) is 24.0 Å². The first-order valence-electron chi connectivity index (χ1n) is 8.59. The maximum absolute atomic E-state index is 12.5. The Bertz CT molecular complexity index is 1010. The molecule has 2 aromatic carbocycles. The van der Waals surface area contributed by atoms with Crippen LogP contribution < -0.4 is 11.0 Å². The van der Waals surface area contributed by atoms with Gasteiger partial charge in [-0.1, -0.05) is 12.1 Å². The molecule has 0 aliphatic carbocycles. The molecule has 0 aliphatic heterocycles. The summed E-state index contributed by atoms with van der Waals surface area (Å²) >= 11 is 1.32. The molecule has 0 radical (unpaired) electrons. The number of carbonyl (C=O) groups is 1. The monoisotopic (exact) mass is 409 g/mol. The highest BCUT2D eigenvalue weighted by Crippen LogP contribution is 2.30. The minimum atomic E-state index is -4.35. The first-order chi connectivity index (χ1) is 13.3. The van der Waals surface area contributed by atoms with Crippen molar-refractivity contribution < 1.29 is 18.0 Å². The zero-order valence-electron chi connectivity index (χ0n) is 14.8. The number of hydrogen-bond donors (Lipinski definition) is 2. The molecule has 0 aliphatic rings. The quantitative estimate of drug-likeness (QED) is 0.586. The van der Waals surface area contributed by atoms with Crippen LogP contribution in [0.5, 0.6) is 0 Å². The molecule has 1 aromatic heterocycles. The largest absolute Gasteiger partial charge is 0.416 e. The Balaban J connectivity index is 1.42. The van der Waals surface area contributed by atoms with Crippen molar-refractivity contribution in [3.8, 4) is 0 Å². The van der Waals surface area contributed by atoms with Crippen molar-refractivity contribution in [2.75, 3.05) is 12.3 Å². The third kappa shape index (κ3) is 4.98. The molecule has 3 rings (SSSR count). The van der Waals surface area contributed by atoms with Crippen molar-refractivity contribution >= 4 is 28.7 Å². The van der Waals surface area contributed by atoms with E-state index in [1.54, 1.807) is 4.57 Å². The van der Waals surface area contributed by atoms with Gasteiger partial charge in [0, 0.05) is 30.2 Å². The molecule has 3 aromatic rings. The minimum absolute atomic E-state index is 0.174. The van der Waals surface area contributed by atoms with Crippen LogP contribution in [-0.2, 0) is 17.5 Å². The predicted octanol–water partition coefficient (Wildman–Crippen LogP) is 3.65. The Morgan fingerprint density at radius 2 is 1.82 bits per heavy atom. The van der Waals surface area contributed by atoms with E-state index in [0.29, 0.717) is 23.7 Å². The van der Waals surface area contributed by atoms with E-state index in [2.05, 4.69) is 10.3 Å². The van der Waals surface area contributed by atoms with E-state index < -0.39 is 11.7 Å². The Morgan fingerprint density at radius 3 is 2.54 bits per heavy atom. The van der Waals surface area contributed by atoms with Crippen LogP contribution in [-0.4, -0.2) is 27.8 Å². The van der Waals surface area contributed by atoms with Crippen LogP contribution in [0.2, 0.25) is 0 Å². The van der Waals surface area contributed by atoms with Gasteiger partial charge in [-0.2, -0.15) is 13.2 Å². The second-order valence-corrected chi connectivity index (χ2v) is 7.24. The summed E-state index contributed by atoms with van der Waals surface area (Å²) in [5.41, 5.74) is 0.599. The Labute approximate surface area is 162 Å². The lowest BCUT2D eigenvalue weighted by Gasteiger charge is -2.08. The van der Waals surface area contributed by atoms with E-state index in [0.717, 1.165) is 23.2 Å². The summed E-state index contributed by atoms with van der Waals surface area (Å²) in [6, 6.07) is 12.2. The van der Waals surface area contributed by atoms with Crippen LogP contribution in [0.3, 0.4) is 0 Å². The number of halogens is 3. The fraction of sp³-hybridized carbons (Fsp3) is 0.263. The number of hydrogen-bond acceptors (Lipinski definition) is 3. The summed E-state index contributed by atoms with van der Waals surface area (Å²) in [6.07, 6.45) is -4.12. The highest BCUT2D eigenvalue weighted by molar-refractivity contribution is 7.99. The number of fused-ring (bicyclic) bond motifs is 1. The number of thioether (sulfide) groups is 1. The number of alkyl halides is 3. The summed E-state index contributed by atoms with van der Waals surface area (Å²) in [4.78, 5) is 27.3. The number of rotatable bonds is 7. The van der Waals surface area contributed by atoms with Gasteiger partial charge in [-0.05, 0) is 36.4 Å². The molecule has 1 amide bonds. The van der Waals surface area contributed by atoms with Gasteiger partial charge in [-0.3, -0.25) is 9.36 Å². The minimum Gasteiger partial charge on any atom is -0.354 e. The highest BCUT2D eigenvalue weighted by atomic mass is 32.2. The van der Waals surface area contributed by atoms with Gasteiger partial charge >= 0.3 is 11.9 Å². The van der Waals surface area contributed by atoms with Crippen molar-refractivity contribution in [3.63, 3.8) is 0 Å². The lowest BCUT2D eigenvalue weighted by Crippen LogP contribution is -2.30. The summed E-state index contributed by atoms with van der Waals surface area (Å²) in [6.45, 7) is 0.659. The number of nitrogens with one attached hydrogen (secondary N) is 2.